The number of benzodiazepines with no additional fused rings is 1. The summed E-state index contributed by atoms with van der Waals surface area (Å²) in [4.78, 5) is 4.58. The summed E-state index contributed by atoms with van der Waals surface area (Å²) in [5.41, 5.74) is 8.81. The second-order valence-electron chi connectivity index (χ2n) is 4.79. The molecular weight excluding hydrogens is 253 g/mol. The molecular formula is C16H16FN3. The molecule has 3 N–H and O–H groups in total. The first kappa shape index (κ1) is 12.8. The number of hydrogen-bond donors (Lipinski definition) is 2. The van der Waals surface area contributed by atoms with Crippen LogP contribution in [0.25, 0.3) is 0 Å². The van der Waals surface area contributed by atoms with E-state index in [1.165, 1.54) is 6.07 Å². The van der Waals surface area contributed by atoms with E-state index in [-0.39, 0.29) is 11.9 Å². The van der Waals surface area contributed by atoms with E-state index in [2.05, 4.69) is 10.3 Å². The molecule has 0 amide bonds. The van der Waals surface area contributed by atoms with Crippen molar-refractivity contribution in [1.29, 1.82) is 0 Å². The highest BCUT2D eigenvalue weighted by molar-refractivity contribution is 6.16. The van der Waals surface area contributed by atoms with E-state index in [4.69, 9.17) is 5.73 Å². The number of aliphatic imine (C=N–C) groups is 1. The smallest absolute Gasteiger partial charge is 0.132 e. The first-order chi connectivity index (χ1) is 9.79. The number of rotatable bonds is 2. The third-order valence-corrected chi connectivity index (χ3v) is 3.43. The molecule has 0 saturated heterocycles. The van der Waals surface area contributed by atoms with Crippen molar-refractivity contribution in [3.8, 4) is 0 Å². The minimum absolute atomic E-state index is 0.0698. The van der Waals surface area contributed by atoms with Crippen LogP contribution in [0.4, 0.5) is 10.1 Å². The third-order valence-electron chi connectivity index (χ3n) is 3.43. The fourth-order valence-electron chi connectivity index (χ4n) is 2.38. The Kier molecular flexibility index (Phi) is 3.48. The third kappa shape index (κ3) is 2.30. The molecule has 0 spiro atoms. The largest absolute Gasteiger partial charge is 0.379 e. The molecule has 0 radical (unpaired) electrons. The molecule has 4 heteroatoms. The van der Waals surface area contributed by atoms with Gasteiger partial charge in [0.1, 0.15) is 5.82 Å². The molecule has 1 aliphatic heterocycles. The van der Waals surface area contributed by atoms with Gasteiger partial charge in [-0.1, -0.05) is 30.3 Å². The Labute approximate surface area is 117 Å². The lowest BCUT2D eigenvalue weighted by Crippen LogP contribution is -2.31. The maximum Gasteiger partial charge on any atom is 0.132 e. The van der Waals surface area contributed by atoms with Crippen molar-refractivity contribution >= 4 is 11.4 Å². The van der Waals surface area contributed by atoms with Crippen molar-refractivity contribution in [2.45, 2.75) is 6.04 Å². The summed E-state index contributed by atoms with van der Waals surface area (Å²) in [6.07, 6.45) is 0. The Morgan fingerprint density at radius 1 is 1.10 bits per heavy atom. The van der Waals surface area contributed by atoms with Crippen LogP contribution in [-0.4, -0.2) is 24.8 Å². The average Bonchev–Trinajstić information content (AvgIpc) is 2.67. The van der Waals surface area contributed by atoms with Crippen molar-refractivity contribution in [3.05, 3.63) is 65.5 Å². The predicted octanol–water partition coefficient (Wildman–Crippen LogP) is 2.42. The van der Waals surface area contributed by atoms with Crippen LogP contribution in [0.5, 0.6) is 0 Å². The molecule has 0 fully saturated rings. The van der Waals surface area contributed by atoms with Gasteiger partial charge in [-0.15, -0.1) is 0 Å². The van der Waals surface area contributed by atoms with Crippen LogP contribution in [0.1, 0.15) is 11.1 Å². The minimum Gasteiger partial charge on any atom is -0.379 e. The zero-order chi connectivity index (χ0) is 13.9. The molecule has 1 aliphatic rings. The van der Waals surface area contributed by atoms with E-state index >= 15 is 0 Å². The Hall–Kier alpha value is -2.20. The van der Waals surface area contributed by atoms with Gasteiger partial charge in [0.05, 0.1) is 18.3 Å². The van der Waals surface area contributed by atoms with Gasteiger partial charge in [0, 0.05) is 23.4 Å². The second kappa shape index (κ2) is 5.43. The summed E-state index contributed by atoms with van der Waals surface area (Å²) < 4.78 is 14.1. The molecule has 0 aliphatic carbocycles. The van der Waals surface area contributed by atoms with E-state index in [0.29, 0.717) is 24.4 Å². The van der Waals surface area contributed by atoms with Crippen LogP contribution in [0.3, 0.4) is 0 Å². The van der Waals surface area contributed by atoms with E-state index in [1.807, 2.05) is 30.3 Å². The summed E-state index contributed by atoms with van der Waals surface area (Å²) in [7, 11) is 0. The Morgan fingerprint density at radius 2 is 1.80 bits per heavy atom. The van der Waals surface area contributed by atoms with Crippen LogP contribution < -0.4 is 11.1 Å². The Balaban J connectivity index is 2.15. The molecule has 2 aromatic rings. The van der Waals surface area contributed by atoms with Crippen LogP contribution in [0.2, 0.25) is 0 Å². The summed E-state index contributed by atoms with van der Waals surface area (Å²) in [5, 5.41) is 3.37. The second-order valence-corrected chi connectivity index (χ2v) is 4.79. The molecule has 0 saturated carbocycles. The number of nitrogens with two attached hydrogens (primary N) is 1. The zero-order valence-electron chi connectivity index (χ0n) is 11.0. The molecule has 0 aromatic heterocycles. The van der Waals surface area contributed by atoms with Crippen molar-refractivity contribution in [2.24, 2.45) is 10.7 Å². The van der Waals surface area contributed by atoms with Crippen molar-refractivity contribution in [2.75, 3.05) is 18.4 Å². The SMILES string of the molecule is NCC1CN=C(c2ccccc2F)c2ccccc2N1. The lowest BCUT2D eigenvalue weighted by molar-refractivity contribution is 0.625. The minimum atomic E-state index is -0.257. The summed E-state index contributed by atoms with van der Waals surface area (Å²) in [6.45, 7) is 1.03. The lowest BCUT2D eigenvalue weighted by Gasteiger charge is -2.15. The molecule has 3 nitrogen and oxygen atoms in total. The number of fused-ring (bicyclic) bond motifs is 1. The Morgan fingerprint density at radius 3 is 2.55 bits per heavy atom. The highest BCUT2D eigenvalue weighted by atomic mass is 19.1. The van der Waals surface area contributed by atoms with Gasteiger partial charge in [-0.05, 0) is 18.2 Å². The molecule has 1 unspecified atom stereocenters. The number of anilines is 1. The highest BCUT2D eigenvalue weighted by Crippen LogP contribution is 2.24. The standard InChI is InChI=1S/C16H16FN3/c17-14-7-3-1-5-12(14)16-13-6-2-4-8-15(13)20-11(9-18)10-19-16/h1-8,11,20H,9-10,18H2. The number of benzene rings is 2. The molecule has 20 heavy (non-hydrogen) atoms. The van der Waals surface area contributed by atoms with Gasteiger partial charge in [0.25, 0.3) is 0 Å². The van der Waals surface area contributed by atoms with Crippen LogP contribution in [0.15, 0.2) is 53.5 Å². The number of halogens is 1. The molecule has 3 rings (SSSR count). The van der Waals surface area contributed by atoms with Gasteiger partial charge in [-0.25, -0.2) is 4.39 Å². The topological polar surface area (TPSA) is 50.4 Å². The number of hydrogen-bond acceptors (Lipinski definition) is 3. The summed E-state index contributed by atoms with van der Waals surface area (Å²) >= 11 is 0. The fraction of sp³-hybridized carbons (Fsp3) is 0.188. The molecule has 2 aromatic carbocycles. The first-order valence-corrected chi connectivity index (χ1v) is 6.65. The normalized spacial score (nSPS) is 17.7. The van der Waals surface area contributed by atoms with E-state index < -0.39 is 0 Å². The van der Waals surface area contributed by atoms with Gasteiger partial charge < -0.3 is 11.1 Å². The summed E-state index contributed by atoms with van der Waals surface area (Å²) in [6, 6.07) is 14.6. The average molecular weight is 269 g/mol. The monoisotopic (exact) mass is 269 g/mol. The number of nitrogens with one attached hydrogen (secondary N) is 1. The van der Waals surface area contributed by atoms with Crippen LogP contribution >= 0.6 is 0 Å². The van der Waals surface area contributed by atoms with Crippen molar-refractivity contribution in [1.82, 2.24) is 0 Å². The van der Waals surface area contributed by atoms with E-state index in [9.17, 15) is 4.39 Å². The van der Waals surface area contributed by atoms with Crippen molar-refractivity contribution in [3.63, 3.8) is 0 Å². The maximum atomic E-state index is 14.1. The maximum absolute atomic E-state index is 14.1. The quantitative estimate of drug-likeness (QED) is 0.879. The van der Waals surface area contributed by atoms with Gasteiger partial charge in [0.15, 0.2) is 0 Å². The molecule has 0 bridgehead atoms. The Bertz CT molecular complexity index is 652. The first-order valence-electron chi connectivity index (χ1n) is 6.65. The van der Waals surface area contributed by atoms with Crippen molar-refractivity contribution < 1.29 is 4.39 Å². The number of nitrogens with zero attached hydrogens (tertiary/aromatic N) is 1. The fourth-order valence-corrected chi connectivity index (χ4v) is 2.38. The van der Waals surface area contributed by atoms with Crippen LogP contribution in [-0.2, 0) is 0 Å². The van der Waals surface area contributed by atoms with Gasteiger partial charge >= 0.3 is 0 Å². The highest BCUT2D eigenvalue weighted by Gasteiger charge is 2.20. The molecule has 102 valence electrons. The van der Waals surface area contributed by atoms with Gasteiger partial charge in [-0.3, -0.25) is 4.99 Å². The lowest BCUT2D eigenvalue weighted by atomic mass is 10.0. The van der Waals surface area contributed by atoms with E-state index in [0.717, 1.165) is 11.3 Å². The van der Waals surface area contributed by atoms with Crippen LogP contribution in [0, 0.1) is 5.82 Å². The predicted molar refractivity (Wildman–Crippen MR) is 79.8 cm³/mol. The molecule has 1 atom stereocenters. The van der Waals surface area contributed by atoms with E-state index in [1.54, 1.807) is 12.1 Å². The van der Waals surface area contributed by atoms with Gasteiger partial charge in [0.2, 0.25) is 0 Å². The molecule has 1 heterocycles. The zero-order valence-corrected chi connectivity index (χ0v) is 11.0. The van der Waals surface area contributed by atoms with Gasteiger partial charge in [-0.2, -0.15) is 0 Å². The summed E-state index contributed by atoms with van der Waals surface area (Å²) in [5.74, 6) is -0.257. The number of para-hydroxylation sites is 1.